The number of rotatable bonds is 7. The molecule has 5 heteroatoms. The lowest BCUT2D eigenvalue weighted by Crippen LogP contribution is -2.24. The molecule has 0 bridgehead atoms. The molecular formula is C56H50N4O. The second kappa shape index (κ2) is 14.9. The summed E-state index contributed by atoms with van der Waals surface area (Å²) in [6.07, 6.45) is 1.94. The topological polar surface area (TPSA) is 33.5 Å². The standard InChI is InChI=1S/C56H50N4O/c1-36-15-12-16-37(2)54(36)41-29-38(3)55(39(4)30-41)40-27-28-57-53(31-40)60-49-22-9-8-21-47(49)48-26-25-46(34-52(48)60)61-45-20-14-19-44(33-45)59-35-58(50-23-10-11-24-51(50)59)43-18-13-17-42(32-43)56(5,6)7/h8-34H,35H2,1-7H3. The third-order valence-electron chi connectivity index (χ3n) is 12.3. The van der Waals surface area contributed by atoms with E-state index in [1.54, 1.807) is 0 Å². The number of aromatic nitrogens is 2. The van der Waals surface area contributed by atoms with Crippen molar-refractivity contribution >= 4 is 44.6 Å². The first-order valence-electron chi connectivity index (χ1n) is 21.2. The molecule has 0 spiro atoms. The number of aryl methyl sites for hydroxylation is 4. The molecule has 1 aliphatic heterocycles. The molecule has 9 aromatic rings. The molecule has 0 saturated carbocycles. The van der Waals surface area contributed by atoms with E-state index in [1.165, 1.54) is 67.0 Å². The number of pyridine rings is 1. The van der Waals surface area contributed by atoms with Gasteiger partial charge in [-0.3, -0.25) is 4.57 Å². The van der Waals surface area contributed by atoms with E-state index in [9.17, 15) is 0 Å². The molecule has 0 atom stereocenters. The lowest BCUT2D eigenvalue weighted by molar-refractivity contribution is 0.483. The number of para-hydroxylation sites is 3. The predicted octanol–water partition coefficient (Wildman–Crippen LogP) is 15.1. The molecule has 0 N–H and O–H groups in total. The van der Waals surface area contributed by atoms with Gasteiger partial charge in [-0.15, -0.1) is 0 Å². The van der Waals surface area contributed by atoms with Crippen molar-refractivity contribution in [3.63, 3.8) is 0 Å². The van der Waals surface area contributed by atoms with Crippen molar-refractivity contribution in [1.82, 2.24) is 9.55 Å². The van der Waals surface area contributed by atoms with E-state index in [4.69, 9.17) is 9.72 Å². The summed E-state index contributed by atoms with van der Waals surface area (Å²) in [4.78, 5) is 9.77. The largest absolute Gasteiger partial charge is 0.457 e. The van der Waals surface area contributed by atoms with Gasteiger partial charge in [0.2, 0.25) is 0 Å². The van der Waals surface area contributed by atoms with Crippen LogP contribution in [0.4, 0.5) is 22.7 Å². The molecule has 7 aromatic carbocycles. The first kappa shape index (κ1) is 38.1. The minimum atomic E-state index is 0.0609. The highest BCUT2D eigenvalue weighted by molar-refractivity contribution is 6.09. The van der Waals surface area contributed by atoms with Crippen LogP contribution in [0, 0.1) is 27.7 Å². The maximum absolute atomic E-state index is 6.74. The molecule has 0 radical (unpaired) electrons. The van der Waals surface area contributed by atoms with Crippen molar-refractivity contribution in [2.75, 3.05) is 16.5 Å². The monoisotopic (exact) mass is 794 g/mol. The van der Waals surface area contributed by atoms with Gasteiger partial charge in [0.05, 0.1) is 22.4 Å². The van der Waals surface area contributed by atoms with Crippen LogP contribution in [-0.4, -0.2) is 16.2 Å². The summed E-state index contributed by atoms with van der Waals surface area (Å²) in [5, 5.41) is 2.33. The summed E-state index contributed by atoms with van der Waals surface area (Å²) >= 11 is 0. The molecular weight excluding hydrogens is 745 g/mol. The number of hydrogen-bond donors (Lipinski definition) is 0. The maximum atomic E-state index is 6.74. The number of benzene rings is 7. The first-order valence-corrected chi connectivity index (χ1v) is 21.2. The van der Waals surface area contributed by atoms with Crippen molar-refractivity contribution in [2.45, 2.75) is 53.9 Å². The lowest BCUT2D eigenvalue weighted by Gasteiger charge is -2.25. The van der Waals surface area contributed by atoms with Crippen LogP contribution in [0.3, 0.4) is 0 Å². The smallest absolute Gasteiger partial charge is 0.138 e. The quantitative estimate of drug-likeness (QED) is 0.161. The van der Waals surface area contributed by atoms with Crippen LogP contribution in [0.15, 0.2) is 164 Å². The third kappa shape index (κ3) is 6.80. The average Bonchev–Trinajstić information content (AvgIpc) is 3.80. The van der Waals surface area contributed by atoms with Gasteiger partial charge in [0.1, 0.15) is 24.0 Å². The summed E-state index contributed by atoms with van der Waals surface area (Å²) in [5.74, 6) is 2.41. The Morgan fingerprint density at radius 2 is 1.10 bits per heavy atom. The highest BCUT2D eigenvalue weighted by Gasteiger charge is 2.29. The third-order valence-corrected chi connectivity index (χ3v) is 12.3. The van der Waals surface area contributed by atoms with Crippen molar-refractivity contribution in [1.29, 1.82) is 0 Å². The van der Waals surface area contributed by atoms with Crippen molar-refractivity contribution in [3.8, 4) is 39.6 Å². The molecule has 0 saturated heterocycles. The Morgan fingerprint density at radius 1 is 0.492 bits per heavy atom. The molecule has 0 fully saturated rings. The summed E-state index contributed by atoms with van der Waals surface area (Å²) in [6, 6.07) is 56.6. The fourth-order valence-corrected chi connectivity index (χ4v) is 9.44. The average molecular weight is 795 g/mol. The summed E-state index contributed by atoms with van der Waals surface area (Å²) in [7, 11) is 0. The molecule has 3 heterocycles. The molecule has 5 nitrogen and oxygen atoms in total. The molecule has 1 aliphatic rings. The van der Waals surface area contributed by atoms with Gasteiger partial charge in [-0.25, -0.2) is 4.98 Å². The zero-order valence-electron chi connectivity index (χ0n) is 36.0. The first-order chi connectivity index (χ1) is 29.5. The highest BCUT2D eigenvalue weighted by Crippen LogP contribution is 2.46. The van der Waals surface area contributed by atoms with E-state index in [0.29, 0.717) is 6.67 Å². The number of nitrogens with zero attached hydrogens (tertiary/aromatic N) is 4. The Bertz CT molecular complexity index is 3110. The van der Waals surface area contributed by atoms with Gasteiger partial charge in [-0.2, -0.15) is 0 Å². The summed E-state index contributed by atoms with van der Waals surface area (Å²) in [6.45, 7) is 16.3. The molecule has 300 valence electrons. The number of ether oxygens (including phenoxy) is 1. The molecule has 0 amide bonds. The van der Waals surface area contributed by atoms with Gasteiger partial charge in [0.25, 0.3) is 0 Å². The summed E-state index contributed by atoms with van der Waals surface area (Å²) in [5.41, 5.74) is 18.2. The number of anilines is 4. The van der Waals surface area contributed by atoms with Crippen LogP contribution in [0.2, 0.25) is 0 Å². The van der Waals surface area contributed by atoms with Gasteiger partial charge in [-0.1, -0.05) is 99.6 Å². The Morgan fingerprint density at radius 3 is 1.82 bits per heavy atom. The van der Waals surface area contributed by atoms with E-state index < -0.39 is 0 Å². The van der Waals surface area contributed by atoms with E-state index in [1.807, 2.05) is 12.3 Å². The van der Waals surface area contributed by atoms with Crippen LogP contribution in [0.1, 0.15) is 48.6 Å². The van der Waals surface area contributed by atoms with Gasteiger partial charge in [-0.05, 0) is 150 Å². The molecule has 0 aliphatic carbocycles. The second-order valence-corrected chi connectivity index (χ2v) is 17.6. The highest BCUT2D eigenvalue weighted by atomic mass is 16.5. The van der Waals surface area contributed by atoms with Crippen LogP contribution in [-0.2, 0) is 5.41 Å². The Balaban J connectivity index is 0.994. The van der Waals surface area contributed by atoms with Gasteiger partial charge >= 0.3 is 0 Å². The predicted molar refractivity (Wildman–Crippen MR) is 256 cm³/mol. The van der Waals surface area contributed by atoms with Crippen molar-refractivity contribution < 1.29 is 4.74 Å². The van der Waals surface area contributed by atoms with Gasteiger partial charge in [0.15, 0.2) is 0 Å². The van der Waals surface area contributed by atoms with Crippen molar-refractivity contribution in [3.05, 3.63) is 192 Å². The zero-order chi connectivity index (χ0) is 42.0. The molecule has 2 aromatic heterocycles. The SMILES string of the molecule is Cc1cccc(C)c1-c1cc(C)c(-c2ccnc(-n3c4ccccc4c4ccc(Oc5cccc(N6CN(c7cccc(C(C)(C)C)c7)c7ccccc76)c5)cc43)c2)c(C)c1. The van der Waals surface area contributed by atoms with E-state index in [0.717, 1.165) is 45.0 Å². The Kier molecular flexibility index (Phi) is 9.29. The van der Waals surface area contributed by atoms with E-state index in [-0.39, 0.29) is 5.41 Å². The fourth-order valence-electron chi connectivity index (χ4n) is 9.44. The fraction of sp³-hybridized carbons (Fsp3) is 0.161. The van der Waals surface area contributed by atoms with Gasteiger partial charge < -0.3 is 14.5 Å². The number of fused-ring (bicyclic) bond motifs is 4. The Hall–Kier alpha value is -7.11. The van der Waals surface area contributed by atoms with E-state index in [2.05, 4.69) is 214 Å². The second-order valence-electron chi connectivity index (χ2n) is 17.6. The Labute approximate surface area is 359 Å². The van der Waals surface area contributed by atoms with Crippen molar-refractivity contribution in [2.24, 2.45) is 0 Å². The zero-order valence-corrected chi connectivity index (χ0v) is 36.0. The maximum Gasteiger partial charge on any atom is 0.138 e. The minimum absolute atomic E-state index is 0.0609. The van der Waals surface area contributed by atoms with Crippen LogP contribution < -0.4 is 14.5 Å². The normalized spacial score (nSPS) is 12.7. The summed E-state index contributed by atoms with van der Waals surface area (Å²) < 4.78 is 9.02. The lowest BCUT2D eigenvalue weighted by atomic mass is 9.87. The van der Waals surface area contributed by atoms with Gasteiger partial charge in [0, 0.05) is 40.5 Å². The van der Waals surface area contributed by atoms with E-state index >= 15 is 0 Å². The minimum Gasteiger partial charge on any atom is -0.457 e. The molecule has 0 unspecified atom stereocenters. The number of hydrogen-bond acceptors (Lipinski definition) is 4. The van der Waals surface area contributed by atoms with Crippen LogP contribution in [0.5, 0.6) is 11.5 Å². The van der Waals surface area contributed by atoms with Crippen LogP contribution >= 0.6 is 0 Å². The molecule has 61 heavy (non-hydrogen) atoms. The van der Waals surface area contributed by atoms with Crippen LogP contribution in [0.25, 0.3) is 49.9 Å². The molecule has 10 rings (SSSR count).